The topological polar surface area (TPSA) is 34.9 Å². The third-order valence-corrected chi connectivity index (χ3v) is 3.23. The average molecular weight is 260 g/mol. The summed E-state index contributed by atoms with van der Waals surface area (Å²) in [6, 6.07) is 4.28. The molecule has 0 unspecified atom stereocenters. The van der Waals surface area contributed by atoms with Crippen molar-refractivity contribution in [2.45, 2.75) is 33.7 Å². The molecule has 100 valence electrons. The van der Waals surface area contributed by atoms with Crippen molar-refractivity contribution in [1.82, 2.24) is 9.78 Å². The number of carbonyl (C=O) groups excluding carboxylic acids is 1. The van der Waals surface area contributed by atoms with Gasteiger partial charge in [-0.2, -0.15) is 5.10 Å². The average Bonchev–Trinajstić information content (AvgIpc) is 2.65. The quantitative estimate of drug-likeness (QED) is 0.788. The fourth-order valence-electron chi connectivity index (χ4n) is 2.37. The minimum Gasteiger partial charge on any atom is -0.298 e. The molecule has 1 heterocycles. The number of aryl methyl sites for hydroxylation is 2. The van der Waals surface area contributed by atoms with Gasteiger partial charge < -0.3 is 0 Å². The Hall–Kier alpha value is -1.97. The van der Waals surface area contributed by atoms with Gasteiger partial charge in [-0.1, -0.05) is 13.0 Å². The molecule has 0 fully saturated rings. The van der Waals surface area contributed by atoms with E-state index in [1.165, 1.54) is 12.1 Å². The molecule has 0 radical (unpaired) electrons. The van der Waals surface area contributed by atoms with Crippen molar-refractivity contribution in [2.24, 2.45) is 0 Å². The maximum absolute atomic E-state index is 13.2. The van der Waals surface area contributed by atoms with E-state index in [0.29, 0.717) is 11.8 Å². The number of hydrogen-bond donors (Lipinski definition) is 0. The van der Waals surface area contributed by atoms with E-state index < -0.39 is 5.82 Å². The fraction of sp³-hybridized carbons (Fsp3) is 0.333. The van der Waals surface area contributed by atoms with Crippen LogP contribution in [-0.2, 0) is 6.54 Å². The van der Waals surface area contributed by atoms with Crippen molar-refractivity contribution in [1.29, 1.82) is 0 Å². The van der Waals surface area contributed by atoms with Crippen molar-refractivity contribution in [3.8, 4) is 11.1 Å². The number of benzene rings is 1. The predicted molar refractivity (Wildman–Crippen MR) is 72.8 cm³/mol. The first-order valence-electron chi connectivity index (χ1n) is 6.37. The van der Waals surface area contributed by atoms with Gasteiger partial charge in [0.2, 0.25) is 0 Å². The molecule has 1 aromatic carbocycles. The zero-order valence-corrected chi connectivity index (χ0v) is 11.4. The van der Waals surface area contributed by atoms with Gasteiger partial charge in [0.25, 0.3) is 0 Å². The summed E-state index contributed by atoms with van der Waals surface area (Å²) in [6.45, 7) is 6.81. The monoisotopic (exact) mass is 260 g/mol. The highest BCUT2D eigenvalue weighted by Crippen LogP contribution is 2.29. The Bertz CT molecular complexity index is 617. The van der Waals surface area contributed by atoms with E-state index in [4.69, 9.17) is 0 Å². The molecule has 0 bridgehead atoms. The van der Waals surface area contributed by atoms with E-state index in [1.54, 1.807) is 6.07 Å². The Morgan fingerprint density at radius 1 is 1.37 bits per heavy atom. The second kappa shape index (κ2) is 5.34. The van der Waals surface area contributed by atoms with Gasteiger partial charge in [0.15, 0.2) is 6.29 Å². The van der Waals surface area contributed by atoms with Crippen LogP contribution < -0.4 is 0 Å². The molecule has 0 atom stereocenters. The molecule has 0 spiro atoms. The van der Waals surface area contributed by atoms with Crippen LogP contribution in [0.1, 0.15) is 35.1 Å². The summed E-state index contributed by atoms with van der Waals surface area (Å²) in [4.78, 5) is 11.1. The molecule has 0 aliphatic carbocycles. The first-order valence-corrected chi connectivity index (χ1v) is 6.37. The molecule has 4 heteroatoms. The molecule has 0 saturated carbocycles. The van der Waals surface area contributed by atoms with Gasteiger partial charge in [0.1, 0.15) is 5.82 Å². The fourth-order valence-corrected chi connectivity index (χ4v) is 2.37. The van der Waals surface area contributed by atoms with Crippen LogP contribution in [0.15, 0.2) is 18.2 Å². The van der Waals surface area contributed by atoms with Crippen molar-refractivity contribution in [3.63, 3.8) is 0 Å². The normalized spacial score (nSPS) is 10.7. The maximum atomic E-state index is 13.2. The summed E-state index contributed by atoms with van der Waals surface area (Å²) in [5.74, 6) is -0.401. The molecule has 2 aromatic rings. The lowest BCUT2D eigenvalue weighted by atomic mass is 9.98. The van der Waals surface area contributed by atoms with E-state index >= 15 is 0 Å². The van der Waals surface area contributed by atoms with Crippen LogP contribution in [0.5, 0.6) is 0 Å². The number of nitrogens with zero attached hydrogens (tertiary/aromatic N) is 2. The summed E-state index contributed by atoms with van der Waals surface area (Å²) in [7, 11) is 0. The lowest BCUT2D eigenvalue weighted by molar-refractivity contribution is 0.112. The van der Waals surface area contributed by atoms with Gasteiger partial charge in [0, 0.05) is 23.4 Å². The Morgan fingerprint density at radius 3 is 2.74 bits per heavy atom. The molecule has 2 rings (SSSR count). The highest BCUT2D eigenvalue weighted by atomic mass is 19.1. The third kappa shape index (κ3) is 2.43. The van der Waals surface area contributed by atoms with E-state index in [-0.39, 0.29) is 0 Å². The third-order valence-electron chi connectivity index (χ3n) is 3.23. The van der Waals surface area contributed by atoms with Crippen LogP contribution in [0.4, 0.5) is 4.39 Å². The molecule has 1 aromatic heterocycles. The predicted octanol–water partition coefficient (Wildman–Crippen LogP) is 3.53. The molecule has 0 saturated heterocycles. The van der Waals surface area contributed by atoms with E-state index in [9.17, 15) is 9.18 Å². The van der Waals surface area contributed by atoms with Gasteiger partial charge >= 0.3 is 0 Å². The number of rotatable bonds is 4. The van der Waals surface area contributed by atoms with Gasteiger partial charge in [-0.3, -0.25) is 9.48 Å². The van der Waals surface area contributed by atoms with Gasteiger partial charge in [-0.05, 0) is 38.0 Å². The van der Waals surface area contributed by atoms with Gasteiger partial charge in [-0.15, -0.1) is 0 Å². The van der Waals surface area contributed by atoms with E-state index in [2.05, 4.69) is 12.0 Å². The first-order chi connectivity index (χ1) is 9.08. The van der Waals surface area contributed by atoms with Crippen LogP contribution in [0.3, 0.4) is 0 Å². The summed E-state index contributed by atoms with van der Waals surface area (Å²) in [5, 5.41) is 4.48. The number of aromatic nitrogens is 2. The molecular weight excluding hydrogens is 243 g/mol. The zero-order valence-electron chi connectivity index (χ0n) is 11.4. The van der Waals surface area contributed by atoms with Crippen LogP contribution in [-0.4, -0.2) is 16.1 Å². The van der Waals surface area contributed by atoms with Crippen LogP contribution >= 0.6 is 0 Å². The smallest absolute Gasteiger partial charge is 0.150 e. The number of hydrogen-bond acceptors (Lipinski definition) is 2. The van der Waals surface area contributed by atoms with E-state index in [0.717, 1.165) is 35.5 Å². The molecule has 0 amide bonds. The number of aldehydes is 1. The number of carbonyl (C=O) groups is 1. The summed E-state index contributed by atoms with van der Waals surface area (Å²) in [6.07, 6.45) is 1.68. The molecule has 0 N–H and O–H groups in total. The Morgan fingerprint density at radius 2 is 2.11 bits per heavy atom. The van der Waals surface area contributed by atoms with E-state index in [1.807, 2.05) is 18.5 Å². The summed E-state index contributed by atoms with van der Waals surface area (Å²) in [5.41, 5.74) is 3.90. The summed E-state index contributed by atoms with van der Waals surface area (Å²) >= 11 is 0. The molecule has 0 aliphatic rings. The maximum Gasteiger partial charge on any atom is 0.150 e. The van der Waals surface area contributed by atoms with Crippen molar-refractivity contribution >= 4 is 6.29 Å². The van der Waals surface area contributed by atoms with Gasteiger partial charge in [-0.25, -0.2) is 4.39 Å². The zero-order chi connectivity index (χ0) is 14.0. The van der Waals surface area contributed by atoms with Gasteiger partial charge in [0.05, 0.1) is 5.69 Å². The highest BCUT2D eigenvalue weighted by Gasteiger charge is 2.16. The summed E-state index contributed by atoms with van der Waals surface area (Å²) < 4.78 is 15.1. The Labute approximate surface area is 112 Å². The minimum atomic E-state index is -0.401. The second-order valence-corrected chi connectivity index (χ2v) is 4.62. The van der Waals surface area contributed by atoms with Crippen molar-refractivity contribution < 1.29 is 9.18 Å². The lowest BCUT2D eigenvalue weighted by Gasteiger charge is -2.07. The Kier molecular flexibility index (Phi) is 3.79. The standard InChI is InChI=1S/C15H17FN2O/c1-4-7-18-11(3)15(10(2)17-18)14-6-5-13(16)8-12(14)9-19/h5-6,8-9H,4,7H2,1-3H3. The second-order valence-electron chi connectivity index (χ2n) is 4.62. The number of halogens is 1. The van der Waals surface area contributed by atoms with Crippen LogP contribution in [0.2, 0.25) is 0 Å². The lowest BCUT2D eigenvalue weighted by Crippen LogP contribution is -2.01. The molecular formula is C15H17FN2O. The largest absolute Gasteiger partial charge is 0.298 e. The molecule has 19 heavy (non-hydrogen) atoms. The van der Waals surface area contributed by atoms with Crippen molar-refractivity contribution in [2.75, 3.05) is 0 Å². The first kappa shape index (κ1) is 13.5. The SMILES string of the molecule is CCCn1nc(C)c(-c2ccc(F)cc2C=O)c1C. The van der Waals surface area contributed by atoms with Crippen LogP contribution in [0.25, 0.3) is 11.1 Å². The highest BCUT2D eigenvalue weighted by molar-refractivity contribution is 5.88. The molecule has 3 nitrogen and oxygen atoms in total. The molecule has 0 aliphatic heterocycles. The minimum absolute atomic E-state index is 0.363. The van der Waals surface area contributed by atoms with Crippen LogP contribution in [0, 0.1) is 19.7 Å². The Balaban J connectivity index is 2.62. The van der Waals surface area contributed by atoms with Crippen molar-refractivity contribution in [3.05, 3.63) is 41.0 Å².